The van der Waals surface area contributed by atoms with Crippen LogP contribution in [0.4, 0.5) is 17.5 Å². The number of methoxy groups -OCH3 is 1. The van der Waals surface area contributed by atoms with Crippen molar-refractivity contribution in [3.63, 3.8) is 0 Å². The van der Waals surface area contributed by atoms with Crippen LogP contribution in [0.3, 0.4) is 0 Å². The minimum Gasteiger partial charge on any atom is -0.481 e. The fourth-order valence-electron chi connectivity index (χ4n) is 3.63. The Kier molecular flexibility index (Phi) is 7.35. The summed E-state index contributed by atoms with van der Waals surface area (Å²) in [7, 11) is 3.31. The zero-order chi connectivity index (χ0) is 27.2. The highest BCUT2D eigenvalue weighted by molar-refractivity contribution is 5.92. The lowest BCUT2D eigenvalue weighted by atomic mass is 10.1. The number of amides is 1. The summed E-state index contributed by atoms with van der Waals surface area (Å²) in [5.41, 5.74) is 4.20. The molecule has 0 aliphatic heterocycles. The molecule has 0 saturated heterocycles. The average Bonchev–Trinajstić information content (AvgIpc) is 3.43. The van der Waals surface area contributed by atoms with Gasteiger partial charge in [-0.05, 0) is 36.8 Å². The smallest absolute Gasteiger partial charge is 0.270 e. The molecule has 5 aromatic rings. The summed E-state index contributed by atoms with van der Waals surface area (Å²) in [5.74, 6) is 2.30. The summed E-state index contributed by atoms with van der Waals surface area (Å²) in [6, 6.07) is 14.4. The highest BCUT2D eigenvalue weighted by Gasteiger charge is 2.12. The van der Waals surface area contributed by atoms with Crippen LogP contribution >= 0.6 is 0 Å². The van der Waals surface area contributed by atoms with Crippen LogP contribution < -0.4 is 20.7 Å². The summed E-state index contributed by atoms with van der Waals surface area (Å²) < 4.78 is 10.2. The molecular formula is C27H25N9O3. The van der Waals surface area contributed by atoms with E-state index in [1.54, 1.807) is 63.1 Å². The molecule has 0 radical (unpaired) electrons. The Hall–Kier alpha value is -5.39. The van der Waals surface area contributed by atoms with Crippen molar-refractivity contribution in [2.45, 2.75) is 13.5 Å². The van der Waals surface area contributed by atoms with Crippen LogP contribution in [0.15, 0.2) is 71.6 Å². The molecule has 5 aromatic heterocycles. The molecule has 3 N–H and O–H groups in total. The first kappa shape index (κ1) is 25.3. The minimum atomic E-state index is -0.302. The Morgan fingerprint density at radius 1 is 0.923 bits per heavy atom. The van der Waals surface area contributed by atoms with Gasteiger partial charge in [-0.1, -0.05) is 11.2 Å². The van der Waals surface area contributed by atoms with Gasteiger partial charge in [0.25, 0.3) is 5.91 Å². The van der Waals surface area contributed by atoms with E-state index < -0.39 is 0 Å². The maximum atomic E-state index is 12.7. The first-order valence-electron chi connectivity index (χ1n) is 12.0. The normalized spacial score (nSPS) is 10.6. The second-order valence-electron chi connectivity index (χ2n) is 8.43. The summed E-state index contributed by atoms with van der Waals surface area (Å²) in [6.45, 7) is 2.17. The van der Waals surface area contributed by atoms with Gasteiger partial charge >= 0.3 is 0 Å². The van der Waals surface area contributed by atoms with Crippen molar-refractivity contribution in [3.8, 4) is 28.5 Å². The van der Waals surface area contributed by atoms with E-state index in [-0.39, 0.29) is 11.6 Å². The van der Waals surface area contributed by atoms with Gasteiger partial charge in [-0.3, -0.25) is 14.8 Å². The number of anilines is 3. The molecule has 0 saturated carbocycles. The van der Waals surface area contributed by atoms with Crippen LogP contribution in [0.25, 0.3) is 22.6 Å². The number of carbonyl (C=O) groups excluding carboxylic acids is 1. The van der Waals surface area contributed by atoms with E-state index in [0.29, 0.717) is 41.3 Å². The fourth-order valence-corrected chi connectivity index (χ4v) is 3.63. The van der Waals surface area contributed by atoms with Gasteiger partial charge in [-0.15, -0.1) is 0 Å². The lowest BCUT2D eigenvalue weighted by Crippen LogP contribution is -2.23. The van der Waals surface area contributed by atoms with Crippen LogP contribution in [0.2, 0.25) is 0 Å². The van der Waals surface area contributed by atoms with Crippen LogP contribution in [-0.4, -0.2) is 50.1 Å². The summed E-state index contributed by atoms with van der Waals surface area (Å²) in [6.07, 6.45) is 4.99. The van der Waals surface area contributed by atoms with E-state index in [4.69, 9.17) is 9.26 Å². The Balaban J connectivity index is 1.21. The van der Waals surface area contributed by atoms with Crippen LogP contribution in [0.1, 0.15) is 21.7 Å². The monoisotopic (exact) mass is 523 g/mol. The van der Waals surface area contributed by atoms with Crippen LogP contribution in [0.5, 0.6) is 5.88 Å². The second kappa shape index (κ2) is 11.3. The van der Waals surface area contributed by atoms with E-state index in [1.165, 1.54) is 0 Å². The van der Waals surface area contributed by atoms with E-state index >= 15 is 0 Å². The van der Waals surface area contributed by atoms with Gasteiger partial charge < -0.3 is 25.2 Å². The Bertz CT molecular complexity index is 1570. The zero-order valence-corrected chi connectivity index (χ0v) is 21.5. The van der Waals surface area contributed by atoms with Gasteiger partial charge in [0.1, 0.15) is 11.5 Å². The zero-order valence-electron chi connectivity index (χ0n) is 21.5. The molecule has 0 fully saturated rings. The summed E-state index contributed by atoms with van der Waals surface area (Å²) >= 11 is 0. The summed E-state index contributed by atoms with van der Waals surface area (Å²) in [5, 5.41) is 12.8. The number of hydrogen-bond acceptors (Lipinski definition) is 11. The number of nitrogens with zero attached hydrogens (tertiary/aromatic N) is 6. The molecule has 12 heteroatoms. The minimum absolute atomic E-state index is 0.279. The highest BCUT2D eigenvalue weighted by atomic mass is 16.5. The van der Waals surface area contributed by atoms with Gasteiger partial charge in [0.05, 0.1) is 12.8 Å². The Labute approximate surface area is 223 Å². The average molecular weight is 524 g/mol. The predicted octanol–water partition coefficient (Wildman–Crippen LogP) is 4.02. The third-order valence-electron chi connectivity index (χ3n) is 5.64. The van der Waals surface area contributed by atoms with Crippen molar-refractivity contribution in [2.24, 2.45) is 0 Å². The number of rotatable bonds is 9. The molecule has 0 aliphatic carbocycles. The number of aromatic nitrogens is 6. The number of carbonyl (C=O) groups is 1. The summed E-state index contributed by atoms with van der Waals surface area (Å²) in [4.78, 5) is 34.7. The third-order valence-corrected chi connectivity index (χ3v) is 5.64. The lowest BCUT2D eigenvalue weighted by molar-refractivity contribution is 0.0946. The molecule has 0 spiro atoms. The van der Waals surface area contributed by atoms with E-state index in [1.807, 2.05) is 25.1 Å². The standard InChI is InChI=1S/C27H25N9O3/c1-16-10-22(34-23-11-25(28-2)39-36-23)35-26(33-16)19-5-8-21(30-15-19)27(37)32-13-17-4-7-20(29-12-17)18-6-9-24(38-3)31-14-18/h4-12,14-15,28H,13H2,1-3H3,(H,32,37)(H,33,34,35,36). The van der Waals surface area contributed by atoms with Gasteiger partial charge in [-0.2, -0.15) is 0 Å². The molecule has 0 aromatic carbocycles. The molecule has 196 valence electrons. The fraction of sp³-hybridized carbons (Fsp3) is 0.148. The maximum Gasteiger partial charge on any atom is 0.270 e. The lowest BCUT2D eigenvalue weighted by Gasteiger charge is -2.08. The van der Waals surface area contributed by atoms with Crippen LogP contribution in [-0.2, 0) is 6.54 Å². The number of nitrogens with one attached hydrogen (secondary N) is 3. The van der Waals surface area contributed by atoms with Crippen molar-refractivity contribution in [1.29, 1.82) is 0 Å². The quantitative estimate of drug-likeness (QED) is 0.257. The molecule has 5 rings (SSSR count). The van der Waals surface area contributed by atoms with E-state index in [9.17, 15) is 4.79 Å². The van der Waals surface area contributed by atoms with Crippen molar-refractivity contribution in [3.05, 3.63) is 84.1 Å². The number of hydrogen-bond donors (Lipinski definition) is 3. The first-order valence-corrected chi connectivity index (χ1v) is 12.0. The third kappa shape index (κ3) is 6.13. The molecule has 39 heavy (non-hydrogen) atoms. The molecule has 0 aliphatic rings. The molecule has 0 bridgehead atoms. The topological polar surface area (TPSA) is 153 Å². The van der Waals surface area contributed by atoms with Crippen molar-refractivity contribution in [1.82, 2.24) is 35.4 Å². The highest BCUT2D eigenvalue weighted by Crippen LogP contribution is 2.22. The Morgan fingerprint density at radius 2 is 1.77 bits per heavy atom. The van der Waals surface area contributed by atoms with E-state index in [0.717, 1.165) is 22.5 Å². The largest absolute Gasteiger partial charge is 0.481 e. The second-order valence-corrected chi connectivity index (χ2v) is 8.43. The van der Waals surface area contributed by atoms with Gasteiger partial charge in [-0.25, -0.2) is 15.0 Å². The molecule has 0 unspecified atom stereocenters. The number of pyridine rings is 3. The van der Waals surface area contributed by atoms with Crippen molar-refractivity contribution < 1.29 is 14.1 Å². The van der Waals surface area contributed by atoms with E-state index in [2.05, 4.69) is 46.0 Å². The number of aryl methyl sites for hydroxylation is 1. The molecule has 1 amide bonds. The number of ether oxygens (including phenoxy) is 1. The molecule has 5 heterocycles. The first-order chi connectivity index (χ1) is 19.0. The van der Waals surface area contributed by atoms with Gasteiger partial charge in [0.2, 0.25) is 11.8 Å². The SMILES string of the molecule is CNc1cc(Nc2cc(C)nc(-c3ccc(C(=O)NCc4ccc(-c5ccc(OC)nc5)nc4)nc3)n2)no1. The van der Waals surface area contributed by atoms with Crippen molar-refractivity contribution in [2.75, 3.05) is 24.8 Å². The van der Waals surface area contributed by atoms with Crippen LogP contribution in [0, 0.1) is 6.92 Å². The molecule has 12 nitrogen and oxygen atoms in total. The molecular weight excluding hydrogens is 498 g/mol. The van der Waals surface area contributed by atoms with Gasteiger partial charge in [0.15, 0.2) is 11.6 Å². The van der Waals surface area contributed by atoms with Crippen molar-refractivity contribution >= 4 is 23.4 Å². The molecule has 0 atom stereocenters. The Morgan fingerprint density at radius 3 is 2.44 bits per heavy atom. The van der Waals surface area contributed by atoms with Gasteiger partial charge in [0, 0.05) is 67.2 Å². The predicted molar refractivity (Wildman–Crippen MR) is 145 cm³/mol. The maximum absolute atomic E-state index is 12.7.